The summed E-state index contributed by atoms with van der Waals surface area (Å²) in [4.78, 5) is 31.6. The van der Waals surface area contributed by atoms with Gasteiger partial charge < -0.3 is 9.97 Å². The maximum absolute atomic E-state index is 12.8. The van der Waals surface area contributed by atoms with E-state index in [1.165, 1.54) is 30.9 Å². The van der Waals surface area contributed by atoms with Gasteiger partial charge in [0.15, 0.2) is 10.7 Å². The minimum absolute atomic E-state index is 0.00547. The van der Waals surface area contributed by atoms with E-state index in [2.05, 4.69) is 19.7 Å². The summed E-state index contributed by atoms with van der Waals surface area (Å²) in [5.41, 5.74) is 0.571. The highest BCUT2D eigenvalue weighted by molar-refractivity contribution is 7.92. The van der Waals surface area contributed by atoms with Crippen LogP contribution in [0.3, 0.4) is 0 Å². The zero-order valence-electron chi connectivity index (χ0n) is 14.6. The summed E-state index contributed by atoms with van der Waals surface area (Å²) in [6.07, 6.45) is 3.58. The first kappa shape index (κ1) is 17.5. The van der Waals surface area contributed by atoms with Gasteiger partial charge >= 0.3 is 11.1 Å². The molecule has 2 aromatic heterocycles. The Kier molecular flexibility index (Phi) is 4.11. The van der Waals surface area contributed by atoms with Gasteiger partial charge in [-0.05, 0) is 55.0 Å². The average Bonchev–Trinajstić information content (AvgIpc) is 2.56. The van der Waals surface area contributed by atoms with Crippen LogP contribution in [-0.4, -0.2) is 23.4 Å². The van der Waals surface area contributed by atoms with Crippen LogP contribution in [0.25, 0.3) is 11.2 Å². The number of fused-ring (bicyclic) bond motifs is 1. The largest absolute Gasteiger partial charge is 0.315 e. The zero-order chi connectivity index (χ0) is 19.2. The van der Waals surface area contributed by atoms with Gasteiger partial charge in [-0.25, -0.2) is 4.98 Å². The molecule has 8 nitrogen and oxygen atoms in total. The maximum Gasteiger partial charge on any atom is 0.315 e. The molecule has 0 saturated heterocycles. The van der Waals surface area contributed by atoms with Crippen molar-refractivity contribution in [3.8, 4) is 0 Å². The fourth-order valence-electron chi connectivity index (χ4n) is 3.17. The Labute approximate surface area is 154 Å². The zero-order valence-corrected chi connectivity index (χ0v) is 15.4. The van der Waals surface area contributed by atoms with E-state index in [0.29, 0.717) is 17.2 Å². The third-order valence-electron chi connectivity index (χ3n) is 4.85. The van der Waals surface area contributed by atoms with Gasteiger partial charge in [0.1, 0.15) is 0 Å². The lowest BCUT2D eigenvalue weighted by Gasteiger charge is -2.25. The lowest BCUT2D eigenvalue weighted by molar-refractivity contribution is 0.420. The second kappa shape index (κ2) is 6.34. The lowest BCUT2D eigenvalue weighted by Crippen LogP contribution is -2.29. The molecule has 0 radical (unpaired) electrons. The maximum atomic E-state index is 12.8. The molecule has 1 aliphatic carbocycles. The van der Waals surface area contributed by atoms with Crippen molar-refractivity contribution in [1.29, 1.82) is 0 Å². The van der Waals surface area contributed by atoms with Crippen LogP contribution in [0.1, 0.15) is 36.3 Å². The van der Waals surface area contributed by atoms with Crippen LogP contribution >= 0.6 is 0 Å². The van der Waals surface area contributed by atoms with Crippen molar-refractivity contribution in [3.63, 3.8) is 0 Å². The van der Waals surface area contributed by atoms with Gasteiger partial charge in [0.2, 0.25) is 0 Å². The second-order valence-corrected chi connectivity index (χ2v) is 8.37. The Morgan fingerprint density at radius 3 is 2.37 bits per heavy atom. The number of H-pyrrole nitrogens is 2. The van der Waals surface area contributed by atoms with Crippen LogP contribution in [0.4, 0.5) is 5.69 Å². The summed E-state index contributed by atoms with van der Waals surface area (Å²) >= 11 is 0. The first-order chi connectivity index (χ1) is 12.8. The summed E-state index contributed by atoms with van der Waals surface area (Å²) in [7, 11) is -3.96. The normalized spacial score (nSPS) is 14.9. The molecule has 1 aromatic carbocycles. The Morgan fingerprint density at radius 2 is 1.74 bits per heavy atom. The van der Waals surface area contributed by atoms with Crippen molar-refractivity contribution < 1.29 is 8.42 Å². The van der Waals surface area contributed by atoms with Crippen molar-refractivity contribution in [2.75, 3.05) is 4.72 Å². The number of anilines is 1. The Hall–Kier alpha value is -2.94. The quantitative estimate of drug-likeness (QED) is 0.591. The van der Waals surface area contributed by atoms with E-state index in [9.17, 15) is 18.0 Å². The molecule has 1 saturated carbocycles. The van der Waals surface area contributed by atoms with Gasteiger partial charge in [-0.2, -0.15) is 8.42 Å². The predicted octanol–water partition coefficient (Wildman–Crippen LogP) is 1.99. The highest BCUT2D eigenvalue weighted by atomic mass is 32.2. The number of benzene rings is 1. The monoisotopic (exact) mass is 386 g/mol. The molecule has 140 valence electrons. The van der Waals surface area contributed by atoms with Gasteiger partial charge in [0, 0.05) is 5.69 Å². The van der Waals surface area contributed by atoms with E-state index in [1.54, 1.807) is 19.1 Å². The average molecular weight is 386 g/mol. The molecule has 0 bridgehead atoms. The molecule has 1 aliphatic rings. The molecule has 2 heterocycles. The van der Waals surface area contributed by atoms with E-state index in [1.807, 2.05) is 12.1 Å². The van der Waals surface area contributed by atoms with Crippen LogP contribution < -0.4 is 15.8 Å². The van der Waals surface area contributed by atoms with E-state index in [0.717, 1.165) is 0 Å². The van der Waals surface area contributed by atoms with Crippen molar-refractivity contribution in [2.24, 2.45) is 0 Å². The van der Waals surface area contributed by atoms with Crippen LogP contribution in [0.15, 0.2) is 44.9 Å². The summed E-state index contributed by atoms with van der Waals surface area (Å²) in [5.74, 6) is 0.569. The highest BCUT2D eigenvalue weighted by Crippen LogP contribution is 2.36. The van der Waals surface area contributed by atoms with E-state index >= 15 is 0 Å². The molecule has 4 rings (SSSR count). The first-order valence-corrected chi connectivity index (χ1v) is 10.1. The third kappa shape index (κ3) is 3.25. The number of aryl methyl sites for hydroxylation is 1. The Bertz CT molecular complexity index is 1240. The Morgan fingerprint density at radius 1 is 1.07 bits per heavy atom. The number of aromatic nitrogens is 3. The molecule has 1 fully saturated rings. The molecular formula is C18H18N4O4S. The number of rotatable bonds is 4. The van der Waals surface area contributed by atoms with Crippen molar-refractivity contribution >= 4 is 26.9 Å². The number of sulfonamides is 1. The molecule has 3 N–H and O–H groups in total. The fraction of sp³-hybridized carbons (Fsp3) is 0.278. The molecule has 0 unspecified atom stereocenters. The van der Waals surface area contributed by atoms with Crippen molar-refractivity contribution in [3.05, 3.63) is 62.2 Å². The van der Waals surface area contributed by atoms with Gasteiger partial charge in [-0.1, -0.05) is 18.6 Å². The molecule has 0 aliphatic heterocycles. The summed E-state index contributed by atoms with van der Waals surface area (Å²) in [5, 5.41) is -0.208. The molecule has 27 heavy (non-hydrogen) atoms. The molecular weight excluding hydrogens is 368 g/mol. The molecule has 0 atom stereocenters. The number of aromatic amines is 2. The SMILES string of the molecule is Cc1cc2[nH]c(=O)c(=O)[nH]c2nc1S(=O)(=O)Nc1ccc(C2CCC2)cc1. The van der Waals surface area contributed by atoms with Crippen LogP contribution in [-0.2, 0) is 10.0 Å². The van der Waals surface area contributed by atoms with E-state index < -0.39 is 21.1 Å². The first-order valence-electron chi connectivity index (χ1n) is 8.60. The molecule has 3 aromatic rings. The number of pyridine rings is 1. The summed E-state index contributed by atoms with van der Waals surface area (Å²) in [6.45, 7) is 1.57. The van der Waals surface area contributed by atoms with E-state index in [4.69, 9.17) is 0 Å². The fourth-order valence-corrected chi connectivity index (χ4v) is 4.41. The number of nitrogens with zero attached hydrogens (tertiary/aromatic N) is 1. The topological polar surface area (TPSA) is 125 Å². The number of hydrogen-bond acceptors (Lipinski definition) is 5. The van der Waals surface area contributed by atoms with Gasteiger partial charge in [-0.3, -0.25) is 14.3 Å². The minimum atomic E-state index is -3.96. The number of nitrogens with one attached hydrogen (secondary N) is 3. The van der Waals surface area contributed by atoms with Crippen LogP contribution in [0.5, 0.6) is 0 Å². The standard InChI is InChI=1S/C18H18N4O4S/c1-10-9-14-15(20-17(24)16(23)19-14)21-18(10)27(25,26)22-13-7-5-12(6-8-13)11-3-2-4-11/h5-9,11,22H,2-4H2,1H3,(H,19,23)(H,20,21,24). The smallest absolute Gasteiger partial charge is 0.315 e. The van der Waals surface area contributed by atoms with Gasteiger partial charge in [0.05, 0.1) is 5.52 Å². The highest BCUT2D eigenvalue weighted by Gasteiger charge is 2.22. The summed E-state index contributed by atoms with van der Waals surface area (Å²) in [6, 6.07) is 8.81. The van der Waals surface area contributed by atoms with Crippen LogP contribution in [0, 0.1) is 6.92 Å². The Balaban J connectivity index is 1.68. The van der Waals surface area contributed by atoms with Crippen molar-refractivity contribution in [1.82, 2.24) is 15.0 Å². The predicted molar refractivity (Wildman–Crippen MR) is 102 cm³/mol. The van der Waals surface area contributed by atoms with Crippen LogP contribution in [0.2, 0.25) is 0 Å². The minimum Gasteiger partial charge on any atom is -0.315 e. The third-order valence-corrected chi connectivity index (χ3v) is 6.27. The lowest BCUT2D eigenvalue weighted by atomic mass is 9.80. The molecule has 0 amide bonds. The van der Waals surface area contributed by atoms with Gasteiger partial charge in [0.25, 0.3) is 10.0 Å². The molecule has 9 heteroatoms. The van der Waals surface area contributed by atoms with Crippen molar-refractivity contribution in [2.45, 2.75) is 37.1 Å². The van der Waals surface area contributed by atoms with E-state index in [-0.39, 0.29) is 16.2 Å². The summed E-state index contributed by atoms with van der Waals surface area (Å²) < 4.78 is 28.0. The second-order valence-electron chi connectivity index (χ2n) is 6.77. The number of hydrogen-bond donors (Lipinski definition) is 3. The van der Waals surface area contributed by atoms with Gasteiger partial charge in [-0.15, -0.1) is 0 Å². The molecule has 0 spiro atoms.